The monoisotopic (exact) mass is 206 g/mol. The minimum absolute atomic E-state index is 0.338. The standard InChI is InChI=1S/C14H22O/c1-3-4-8(2)14(15)13-11-9-5-6-10(7-9)12(11)13/h8-13H,3-7H2,1-2H3. The highest BCUT2D eigenvalue weighted by molar-refractivity contribution is 5.86. The third kappa shape index (κ3) is 1.31. The molecular weight excluding hydrogens is 184 g/mol. The first kappa shape index (κ1) is 9.86. The van der Waals surface area contributed by atoms with Crippen molar-refractivity contribution >= 4 is 5.78 Å². The third-order valence-corrected chi connectivity index (χ3v) is 5.27. The lowest BCUT2D eigenvalue weighted by atomic mass is 9.91. The highest BCUT2D eigenvalue weighted by Gasteiger charge is 2.67. The van der Waals surface area contributed by atoms with E-state index in [9.17, 15) is 4.79 Å². The summed E-state index contributed by atoms with van der Waals surface area (Å²) in [5, 5.41) is 0. The second-order valence-corrected chi connectivity index (χ2v) is 6.11. The summed E-state index contributed by atoms with van der Waals surface area (Å²) in [7, 11) is 0. The van der Waals surface area contributed by atoms with Crippen LogP contribution >= 0.6 is 0 Å². The summed E-state index contributed by atoms with van der Waals surface area (Å²) < 4.78 is 0. The Kier molecular flexibility index (Phi) is 2.19. The molecule has 0 amide bonds. The van der Waals surface area contributed by atoms with Gasteiger partial charge in [-0.1, -0.05) is 20.3 Å². The smallest absolute Gasteiger partial charge is 0.139 e. The summed E-state index contributed by atoms with van der Waals surface area (Å²) >= 11 is 0. The van der Waals surface area contributed by atoms with Crippen molar-refractivity contribution in [2.24, 2.45) is 35.5 Å². The Labute approximate surface area is 92.6 Å². The maximum Gasteiger partial charge on any atom is 0.139 e. The highest BCUT2D eigenvalue weighted by atomic mass is 16.1. The van der Waals surface area contributed by atoms with Crippen LogP contribution in [0.2, 0.25) is 0 Å². The lowest BCUT2D eigenvalue weighted by Crippen LogP contribution is -2.17. The predicted molar refractivity (Wildman–Crippen MR) is 60.4 cm³/mol. The van der Waals surface area contributed by atoms with Crippen molar-refractivity contribution in [1.82, 2.24) is 0 Å². The van der Waals surface area contributed by atoms with Crippen LogP contribution in [-0.2, 0) is 4.79 Å². The summed E-state index contributed by atoms with van der Waals surface area (Å²) in [5.41, 5.74) is 0. The summed E-state index contributed by atoms with van der Waals surface area (Å²) in [4.78, 5) is 12.2. The van der Waals surface area contributed by atoms with Crippen molar-refractivity contribution in [2.45, 2.75) is 46.0 Å². The Morgan fingerprint density at radius 3 is 2.40 bits per heavy atom. The van der Waals surface area contributed by atoms with E-state index in [0.29, 0.717) is 17.6 Å². The molecule has 5 unspecified atom stereocenters. The number of carbonyl (C=O) groups excluding carboxylic acids is 1. The number of carbonyl (C=O) groups is 1. The molecule has 1 nitrogen and oxygen atoms in total. The third-order valence-electron chi connectivity index (χ3n) is 5.27. The van der Waals surface area contributed by atoms with Gasteiger partial charge in [-0.25, -0.2) is 0 Å². The van der Waals surface area contributed by atoms with Crippen molar-refractivity contribution < 1.29 is 4.79 Å². The van der Waals surface area contributed by atoms with Gasteiger partial charge in [0, 0.05) is 11.8 Å². The molecule has 3 rings (SSSR count). The van der Waals surface area contributed by atoms with E-state index in [1.54, 1.807) is 0 Å². The number of fused-ring (bicyclic) bond motifs is 5. The lowest BCUT2D eigenvalue weighted by molar-refractivity contribution is -0.124. The quantitative estimate of drug-likeness (QED) is 0.690. The molecule has 2 bridgehead atoms. The zero-order chi connectivity index (χ0) is 10.6. The highest BCUT2D eigenvalue weighted by Crippen LogP contribution is 2.69. The zero-order valence-corrected chi connectivity index (χ0v) is 9.91. The van der Waals surface area contributed by atoms with Crippen molar-refractivity contribution in [2.75, 3.05) is 0 Å². The second kappa shape index (κ2) is 3.33. The van der Waals surface area contributed by atoms with Crippen molar-refractivity contribution in [3.8, 4) is 0 Å². The van der Waals surface area contributed by atoms with Crippen LogP contribution in [0.3, 0.4) is 0 Å². The van der Waals surface area contributed by atoms with Gasteiger partial charge in [0.25, 0.3) is 0 Å². The molecule has 0 aromatic heterocycles. The van der Waals surface area contributed by atoms with E-state index in [-0.39, 0.29) is 0 Å². The van der Waals surface area contributed by atoms with Crippen LogP contribution < -0.4 is 0 Å². The Morgan fingerprint density at radius 2 is 1.87 bits per heavy atom. The molecule has 5 atom stereocenters. The van der Waals surface area contributed by atoms with E-state index in [0.717, 1.165) is 36.5 Å². The molecule has 0 aliphatic heterocycles. The molecular formula is C14H22O. The fourth-order valence-electron chi connectivity index (χ4n) is 4.61. The van der Waals surface area contributed by atoms with Crippen LogP contribution in [0.25, 0.3) is 0 Å². The predicted octanol–water partition coefficient (Wildman–Crippen LogP) is 3.28. The molecule has 3 saturated carbocycles. The minimum atomic E-state index is 0.338. The van der Waals surface area contributed by atoms with Gasteiger partial charge in [-0.05, 0) is 49.4 Å². The average molecular weight is 206 g/mol. The van der Waals surface area contributed by atoms with Gasteiger partial charge < -0.3 is 0 Å². The first-order valence-corrected chi connectivity index (χ1v) is 6.77. The van der Waals surface area contributed by atoms with Gasteiger partial charge in [0.1, 0.15) is 5.78 Å². The summed E-state index contributed by atoms with van der Waals surface area (Å²) in [6.45, 7) is 4.32. The van der Waals surface area contributed by atoms with Crippen LogP contribution in [0.15, 0.2) is 0 Å². The lowest BCUT2D eigenvalue weighted by Gasteiger charge is -2.12. The number of ketones is 1. The molecule has 1 heteroatoms. The molecule has 0 spiro atoms. The van der Waals surface area contributed by atoms with E-state index < -0.39 is 0 Å². The first-order chi connectivity index (χ1) is 7.24. The van der Waals surface area contributed by atoms with Crippen LogP contribution in [0.1, 0.15) is 46.0 Å². The fourth-order valence-corrected chi connectivity index (χ4v) is 4.61. The van der Waals surface area contributed by atoms with Crippen LogP contribution in [-0.4, -0.2) is 5.78 Å². The normalized spacial score (nSPS) is 47.7. The molecule has 0 aromatic rings. The second-order valence-electron chi connectivity index (χ2n) is 6.11. The first-order valence-electron chi connectivity index (χ1n) is 6.77. The van der Waals surface area contributed by atoms with Crippen molar-refractivity contribution in [1.29, 1.82) is 0 Å². The maximum absolute atomic E-state index is 12.2. The molecule has 0 saturated heterocycles. The van der Waals surface area contributed by atoms with Crippen LogP contribution in [0.4, 0.5) is 0 Å². The number of rotatable bonds is 4. The Morgan fingerprint density at radius 1 is 1.27 bits per heavy atom. The van der Waals surface area contributed by atoms with Crippen molar-refractivity contribution in [3.63, 3.8) is 0 Å². The van der Waals surface area contributed by atoms with Gasteiger partial charge in [0.15, 0.2) is 0 Å². The fraction of sp³-hybridized carbons (Fsp3) is 0.929. The summed E-state index contributed by atoms with van der Waals surface area (Å²) in [5.74, 6) is 5.04. The van der Waals surface area contributed by atoms with Gasteiger partial charge >= 0.3 is 0 Å². The Balaban J connectivity index is 1.64. The van der Waals surface area contributed by atoms with Gasteiger partial charge in [-0.2, -0.15) is 0 Å². The molecule has 0 N–H and O–H groups in total. The summed E-state index contributed by atoms with van der Waals surface area (Å²) in [6, 6.07) is 0. The summed E-state index contributed by atoms with van der Waals surface area (Å²) in [6.07, 6.45) is 6.57. The van der Waals surface area contributed by atoms with E-state index in [1.807, 2.05) is 0 Å². The van der Waals surface area contributed by atoms with Gasteiger partial charge in [0.2, 0.25) is 0 Å². The molecule has 3 fully saturated rings. The van der Waals surface area contributed by atoms with Gasteiger partial charge in [-0.15, -0.1) is 0 Å². The molecule has 3 aliphatic carbocycles. The molecule has 15 heavy (non-hydrogen) atoms. The molecule has 0 heterocycles. The Bertz CT molecular complexity index is 267. The number of hydrogen-bond acceptors (Lipinski definition) is 1. The van der Waals surface area contributed by atoms with Crippen molar-refractivity contribution in [3.05, 3.63) is 0 Å². The molecule has 84 valence electrons. The number of Topliss-reactive ketones (excluding diaryl/α,β-unsaturated/α-hetero) is 1. The SMILES string of the molecule is CCCC(C)C(=O)C1C2C3CCC(C3)C12. The van der Waals surface area contributed by atoms with Crippen LogP contribution in [0, 0.1) is 35.5 Å². The van der Waals surface area contributed by atoms with Gasteiger partial charge in [-0.3, -0.25) is 4.79 Å². The molecule has 0 aromatic carbocycles. The number of hydrogen-bond donors (Lipinski definition) is 0. The average Bonchev–Trinajstić information content (AvgIpc) is 2.65. The van der Waals surface area contributed by atoms with E-state index >= 15 is 0 Å². The van der Waals surface area contributed by atoms with E-state index in [4.69, 9.17) is 0 Å². The van der Waals surface area contributed by atoms with Crippen LogP contribution in [0.5, 0.6) is 0 Å². The topological polar surface area (TPSA) is 17.1 Å². The van der Waals surface area contributed by atoms with Gasteiger partial charge in [0.05, 0.1) is 0 Å². The van der Waals surface area contributed by atoms with E-state index in [2.05, 4.69) is 13.8 Å². The largest absolute Gasteiger partial charge is 0.299 e. The molecule has 0 radical (unpaired) electrons. The Hall–Kier alpha value is -0.330. The maximum atomic E-state index is 12.2. The zero-order valence-electron chi connectivity index (χ0n) is 9.91. The van der Waals surface area contributed by atoms with E-state index in [1.165, 1.54) is 19.3 Å². The minimum Gasteiger partial charge on any atom is -0.299 e. The molecule has 3 aliphatic rings.